The standard InChI is InChI=1S/C13H12ClN3O3/c1-7-5-11(17-12(16-7)13(18)19-2)20-8-3-4-10(15)9(14)6-8/h3-6H,15H2,1-2H3. The third-order valence-corrected chi connectivity index (χ3v) is 2.72. The lowest BCUT2D eigenvalue weighted by atomic mass is 10.3. The van der Waals surface area contributed by atoms with E-state index in [1.807, 2.05) is 0 Å². The first-order valence-electron chi connectivity index (χ1n) is 5.66. The molecule has 0 amide bonds. The van der Waals surface area contributed by atoms with Gasteiger partial charge in [-0.25, -0.2) is 9.78 Å². The number of ether oxygens (including phenoxy) is 2. The first-order chi connectivity index (χ1) is 9.49. The van der Waals surface area contributed by atoms with Gasteiger partial charge in [-0.1, -0.05) is 11.6 Å². The minimum absolute atomic E-state index is 0.0657. The van der Waals surface area contributed by atoms with E-state index in [2.05, 4.69) is 14.7 Å². The van der Waals surface area contributed by atoms with Gasteiger partial charge < -0.3 is 15.2 Å². The summed E-state index contributed by atoms with van der Waals surface area (Å²) >= 11 is 5.90. The van der Waals surface area contributed by atoms with Crippen LogP contribution in [0.4, 0.5) is 5.69 Å². The lowest BCUT2D eigenvalue weighted by Crippen LogP contribution is -2.09. The second-order valence-corrected chi connectivity index (χ2v) is 4.36. The molecule has 2 N–H and O–H groups in total. The zero-order valence-electron chi connectivity index (χ0n) is 10.9. The first kappa shape index (κ1) is 14.1. The SMILES string of the molecule is COC(=O)c1nc(C)cc(Oc2ccc(N)c(Cl)c2)n1. The van der Waals surface area contributed by atoms with Crippen molar-refractivity contribution in [1.29, 1.82) is 0 Å². The van der Waals surface area contributed by atoms with Gasteiger partial charge in [-0.3, -0.25) is 0 Å². The molecule has 0 spiro atoms. The van der Waals surface area contributed by atoms with Gasteiger partial charge in [0.2, 0.25) is 11.7 Å². The van der Waals surface area contributed by atoms with Gasteiger partial charge >= 0.3 is 5.97 Å². The summed E-state index contributed by atoms with van der Waals surface area (Å²) in [6.45, 7) is 1.72. The number of aryl methyl sites for hydroxylation is 1. The van der Waals surface area contributed by atoms with E-state index in [4.69, 9.17) is 22.1 Å². The maximum atomic E-state index is 11.4. The van der Waals surface area contributed by atoms with Crippen molar-refractivity contribution >= 4 is 23.3 Å². The van der Waals surface area contributed by atoms with Crippen LogP contribution >= 0.6 is 11.6 Å². The highest BCUT2D eigenvalue weighted by Gasteiger charge is 2.12. The molecule has 0 radical (unpaired) electrons. The van der Waals surface area contributed by atoms with E-state index in [1.54, 1.807) is 31.2 Å². The molecule has 1 aromatic carbocycles. The van der Waals surface area contributed by atoms with Crippen molar-refractivity contribution in [3.63, 3.8) is 0 Å². The highest BCUT2D eigenvalue weighted by atomic mass is 35.5. The Labute approximate surface area is 120 Å². The topological polar surface area (TPSA) is 87.3 Å². The number of hydrogen-bond donors (Lipinski definition) is 1. The number of carbonyl (C=O) groups excluding carboxylic acids is 1. The van der Waals surface area contributed by atoms with Crippen molar-refractivity contribution in [2.24, 2.45) is 0 Å². The Morgan fingerprint density at radius 1 is 1.30 bits per heavy atom. The van der Waals surface area contributed by atoms with Gasteiger partial charge in [-0.15, -0.1) is 0 Å². The molecule has 1 aromatic heterocycles. The van der Waals surface area contributed by atoms with E-state index in [-0.39, 0.29) is 11.7 Å². The smallest absolute Gasteiger partial charge is 0.376 e. The zero-order chi connectivity index (χ0) is 14.7. The molecule has 0 aliphatic carbocycles. The number of halogens is 1. The van der Waals surface area contributed by atoms with Gasteiger partial charge in [0.15, 0.2) is 0 Å². The van der Waals surface area contributed by atoms with Crippen molar-refractivity contribution in [3.8, 4) is 11.6 Å². The summed E-state index contributed by atoms with van der Waals surface area (Å²) in [5.74, 6) is -0.0187. The first-order valence-corrected chi connectivity index (χ1v) is 6.04. The summed E-state index contributed by atoms with van der Waals surface area (Å²) in [6, 6.07) is 6.42. The van der Waals surface area contributed by atoms with Gasteiger partial charge in [0, 0.05) is 17.8 Å². The monoisotopic (exact) mass is 293 g/mol. The van der Waals surface area contributed by atoms with Crippen molar-refractivity contribution in [2.75, 3.05) is 12.8 Å². The highest BCUT2D eigenvalue weighted by molar-refractivity contribution is 6.33. The van der Waals surface area contributed by atoms with Crippen LogP contribution in [-0.4, -0.2) is 23.0 Å². The predicted molar refractivity (Wildman–Crippen MR) is 74.0 cm³/mol. The third kappa shape index (κ3) is 3.16. The van der Waals surface area contributed by atoms with Crippen LogP contribution < -0.4 is 10.5 Å². The lowest BCUT2D eigenvalue weighted by molar-refractivity contribution is 0.0585. The van der Waals surface area contributed by atoms with Crippen molar-refractivity contribution in [2.45, 2.75) is 6.92 Å². The van der Waals surface area contributed by atoms with Gasteiger partial charge in [0.05, 0.1) is 17.8 Å². The Hall–Kier alpha value is -2.34. The number of nitrogens with two attached hydrogens (primary N) is 1. The number of nitrogen functional groups attached to an aromatic ring is 1. The van der Waals surface area contributed by atoms with Crippen molar-refractivity contribution in [1.82, 2.24) is 9.97 Å². The number of methoxy groups -OCH3 is 1. The van der Waals surface area contributed by atoms with Crippen LogP contribution in [0.3, 0.4) is 0 Å². The summed E-state index contributed by atoms with van der Waals surface area (Å²) in [7, 11) is 1.26. The molecular formula is C13H12ClN3O3. The van der Waals surface area contributed by atoms with E-state index in [0.717, 1.165) is 0 Å². The Kier molecular flexibility index (Phi) is 4.05. The number of esters is 1. The van der Waals surface area contributed by atoms with E-state index in [1.165, 1.54) is 7.11 Å². The molecule has 0 saturated heterocycles. The average Bonchev–Trinajstić information content (AvgIpc) is 2.41. The molecule has 2 rings (SSSR count). The molecule has 1 heterocycles. The molecule has 0 aliphatic heterocycles. The van der Waals surface area contributed by atoms with Crippen molar-refractivity contribution in [3.05, 3.63) is 40.8 Å². The van der Waals surface area contributed by atoms with E-state index in [0.29, 0.717) is 22.2 Å². The Bertz CT molecular complexity index is 661. The van der Waals surface area contributed by atoms with Gasteiger partial charge in [-0.2, -0.15) is 4.98 Å². The number of aromatic nitrogens is 2. The van der Waals surface area contributed by atoms with Crippen LogP contribution in [0, 0.1) is 6.92 Å². The summed E-state index contributed by atoms with van der Waals surface area (Å²) < 4.78 is 10.1. The molecule has 0 atom stereocenters. The Morgan fingerprint density at radius 3 is 2.70 bits per heavy atom. The van der Waals surface area contributed by atoms with Gasteiger partial charge in [0.25, 0.3) is 0 Å². The van der Waals surface area contributed by atoms with Crippen LogP contribution in [0.15, 0.2) is 24.3 Å². The van der Waals surface area contributed by atoms with Crippen LogP contribution in [0.5, 0.6) is 11.6 Å². The number of benzene rings is 1. The van der Waals surface area contributed by atoms with Crippen LogP contribution in [-0.2, 0) is 4.74 Å². The minimum Gasteiger partial charge on any atom is -0.463 e. The molecule has 0 saturated carbocycles. The zero-order valence-corrected chi connectivity index (χ0v) is 11.6. The number of rotatable bonds is 3. The van der Waals surface area contributed by atoms with Gasteiger partial charge in [0.1, 0.15) is 5.75 Å². The normalized spacial score (nSPS) is 10.2. The third-order valence-electron chi connectivity index (χ3n) is 2.39. The summed E-state index contributed by atoms with van der Waals surface area (Å²) in [6.07, 6.45) is 0. The molecule has 0 unspecified atom stereocenters. The molecule has 2 aromatic rings. The Balaban J connectivity index is 2.31. The van der Waals surface area contributed by atoms with Crippen molar-refractivity contribution < 1.29 is 14.3 Å². The maximum Gasteiger partial charge on any atom is 0.376 e. The second-order valence-electron chi connectivity index (χ2n) is 3.95. The lowest BCUT2D eigenvalue weighted by Gasteiger charge is -2.08. The molecule has 0 fully saturated rings. The number of carbonyl (C=O) groups is 1. The average molecular weight is 294 g/mol. The fourth-order valence-corrected chi connectivity index (χ4v) is 1.64. The predicted octanol–water partition coefficient (Wildman–Crippen LogP) is 2.60. The largest absolute Gasteiger partial charge is 0.463 e. The fraction of sp³-hybridized carbons (Fsp3) is 0.154. The highest BCUT2D eigenvalue weighted by Crippen LogP contribution is 2.27. The number of hydrogen-bond acceptors (Lipinski definition) is 6. The fourth-order valence-electron chi connectivity index (χ4n) is 1.47. The van der Waals surface area contributed by atoms with Gasteiger partial charge in [-0.05, 0) is 19.1 Å². The molecule has 0 bridgehead atoms. The summed E-state index contributed by atoms with van der Waals surface area (Å²) in [5, 5.41) is 0.376. The molecular weight excluding hydrogens is 282 g/mol. The summed E-state index contributed by atoms with van der Waals surface area (Å²) in [4.78, 5) is 19.4. The quantitative estimate of drug-likeness (QED) is 0.691. The minimum atomic E-state index is -0.631. The van der Waals surface area contributed by atoms with E-state index >= 15 is 0 Å². The van der Waals surface area contributed by atoms with E-state index in [9.17, 15) is 4.79 Å². The van der Waals surface area contributed by atoms with Crippen LogP contribution in [0.25, 0.3) is 0 Å². The Morgan fingerprint density at radius 2 is 2.05 bits per heavy atom. The number of anilines is 1. The van der Waals surface area contributed by atoms with Crippen LogP contribution in [0.1, 0.15) is 16.3 Å². The molecule has 20 heavy (non-hydrogen) atoms. The number of nitrogens with zero attached hydrogens (tertiary/aromatic N) is 2. The second kappa shape index (κ2) is 5.75. The van der Waals surface area contributed by atoms with Crippen LogP contribution in [0.2, 0.25) is 5.02 Å². The molecule has 0 aliphatic rings. The summed E-state index contributed by atoms with van der Waals surface area (Å²) in [5.41, 5.74) is 6.65. The molecule has 6 nitrogen and oxygen atoms in total. The maximum absolute atomic E-state index is 11.4. The van der Waals surface area contributed by atoms with E-state index < -0.39 is 5.97 Å². The molecule has 7 heteroatoms. The molecule has 104 valence electrons.